The number of halogens is 1. The summed E-state index contributed by atoms with van der Waals surface area (Å²) < 4.78 is 4.97. The van der Waals surface area contributed by atoms with Crippen molar-refractivity contribution in [2.45, 2.75) is 25.3 Å². The number of ether oxygens (including phenoxy) is 1. The van der Waals surface area contributed by atoms with Gasteiger partial charge in [0.2, 0.25) is 0 Å². The second-order valence-electron chi connectivity index (χ2n) is 3.31. The predicted octanol–water partition coefficient (Wildman–Crippen LogP) is 1.18. The average molecular weight is 166 g/mol. The Bertz CT molecular complexity index is 96.3. The van der Waals surface area contributed by atoms with Crippen LogP contribution in [0.15, 0.2) is 0 Å². The fourth-order valence-corrected chi connectivity index (χ4v) is 1.73. The van der Waals surface area contributed by atoms with E-state index in [4.69, 9.17) is 10.5 Å². The Morgan fingerprint density at radius 1 is 1.60 bits per heavy atom. The molecule has 0 saturated heterocycles. The minimum atomic E-state index is 0. The van der Waals surface area contributed by atoms with E-state index in [1.807, 2.05) is 0 Å². The average Bonchev–Trinajstić information content (AvgIpc) is 1.62. The summed E-state index contributed by atoms with van der Waals surface area (Å²) in [5.41, 5.74) is 5.90. The Morgan fingerprint density at radius 2 is 2.10 bits per heavy atom. The van der Waals surface area contributed by atoms with Gasteiger partial charge in [-0.2, -0.15) is 0 Å². The number of hydrogen-bond donors (Lipinski definition) is 1. The first-order valence-electron chi connectivity index (χ1n) is 3.44. The van der Waals surface area contributed by atoms with Crippen LogP contribution in [-0.2, 0) is 4.74 Å². The largest absolute Gasteiger partial charge is 0.383 e. The first-order valence-corrected chi connectivity index (χ1v) is 3.44. The van der Waals surface area contributed by atoms with Crippen LogP contribution >= 0.6 is 12.4 Å². The predicted molar refractivity (Wildman–Crippen MR) is 44.4 cm³/mol. The third kappa shape index (κ3) is 2.11. The molecular formula is C7H16ClNO. The molecule has 0 amide bonds. The molecule has 1 saturated carbocycles. The Labute approximate surface area is 68.5 Å². The van der Waals surface area contributed by atoms with Crippen molar-refractivity contribution in [2.24, 2.45) is 11.7 Å². The van der Waals surface area contributed by atoms with Gasteiger partial charge in [-0.25, -0.2) is 0 Å². The monoisotopic (exact) mass is 165 g/mol. The van der Waals surface area contributed by atoms with E-state index < -0.39 is 0 Å². The minimum Gasteiger partial charge on any atom is -0.383 e. The maximum Gasteiger partial charge on any atom is 0.0642 e. The zero-order chi connectivity index (χ0) is 6.91. The first kappa shape index (κ1) is 10.2. The summed E-state index contributed by atoms with van der Waals surface area (Å²) in [4.78, 5) is 0. The summed E-state index contributed by atoms with van der Waals surface area (Å²) in [6.45, 7) is 2.94. The van der Waals surface area contributed by atoms with Crippen molar-refractivity contribution >= 4 is 12.4 Å². The minimum absolute atomic E-state index is 0. The van der Waals surface area contributed by atoms with Crippen molar-refractivity contribution in [3.8, 4) is 0 Å². The molecule has 0 heterocycles. The number of rotatable bonds is 2. The fraction of sp³-hybridized carbons (Fsp3) is 1.00. The smallest absolute Gasteiger partial charge is 0.0642 e. The highest BCUT2D eigenvalue weighted by molar-refractivity contribution is 5.85. The van der Waals surface area contributed by atoms with Crippen molar-refractivity contribution in [3.63, 3.8) is 0 Å². The molecule has 0 unspecified atom stereocenters. The van der Waals surface area contributed by atoms with Crippen LogP contribution in [0.2, 0.25) is 0 Å². The van der Waals surface area contributed by atoms with Crippen LogP contribution in [0, 0.1) is 5.92 Å². The molecule has 1 aliphatic rings. The molecule has 0 bridgehead atoms. The quantitative estimate of drug-likeness (QED) is 0.667. The van der Waals surface area contributed by atoms with Gasteiger partial charge in [-0.3, -0.25) is 0 Å². The fourth-order valence-electron chi connectivity index (χ4n) is 1.73. The van der Waals surface area contributed by atoms with E-state index in [0.717, 1.165) is 25.4 Å². The third-order valence-corrected chi connectivity index (χ3v) is 1.94. The molecule has 62 valence electrons. The lowest BCUT2D eigenvalue weighted by molar-refractivity contribution is 0.0524. The molecule has 0 aromatic carbocycles. The summed E-state index contributed by atoms with van der Waals surface area (Å²) in [7, 11) is 1.71. The lowest BCUT2D eigenvalue weighted by Crippen LogP contribution is -2.54. The maximum atomic E-state index is 5.88. The number of hydrogen-bond acceptors (Lipinski definition) is 2. The molecule has 2 nitrogen and oxygen atoms in total. The van der Waals surface area contributed by atoms with Gasteiger partial charge in [0.05, 0.1) is 6.61 Å². The number of nitrogens with two attached hydrogens (primary N) is 1. The molecule has 0 aromatic rings. The van der Waals surface area contributed by atoms with Gasteiger partial charge < -0.3 is 10.5 Å². The number of methoxy groups -OCH3 is 1. The van der Waals surface area contributed by atoms with Crippen LogP contribution in [-0.4, -0.2) is 19.3 Å². The Kier molecular flexibility index (Phi) is 3.63. The molecule has 1 rings (SSSR count). The van der Waals surface area contributed by atoms with Gasteiger partial charge >= 0.3 is 0 Å². The lowest BCUT2D eigenvalue weighted by atomic mass is 9.70. The van der Waals surface area contributed by atoms with E-state index in [1.165, 1.54) is 0 Å². The summed E-state index contributed by atoms with van der Waals surface area (Å²) in [6.07, 6.45) is 2.25. The Hall–Kier alpha value is 0.210. The van der Waals surface area contributed by atoms with Crippen molar-refractivity contribution in [3.05, 3.63) is 0 Å². The molecule has 2 N–H and O–H groups in total. The molecule has 0 aromatic heterocycles. The van der Waals surface area contributed by atoms with Gasteiger partial charge in [0.15, 0.2) is 0 Å². The topological polar surface area (TPSA) is 35.2 Å². The molecule has 0 atom stereocenters. The normalized spacial score (nSPS) is 38.1. The Morgan fingerprint density at radius 3 is 2.40 bits per heavy atom. The molecule has 0 spiro atoms. The summed E-state index contributed by atoms with van der Waals surface area (Å²) >= 11 is 0. The van der Waals surface area contributed by atoms with E-state index in [2.05, 4.69) is 6.92 Å². The van der Waals surface area contributed by atoms with E-state index in [0.29, 0.717) is 0 Å². The van der Waals surface area contributed by atoms with Crippen LogP contribution in [0.4, 0.5) is 0 Å². The highest BCUT2D eigenvalue weighted by atomic mass is 35.5. The van der Waals surface area contributed by atoms with E-state index >= 15 is 0 Å². The molecule has 0 radical (unpaired) electrons. The molecule has 3 heteroatoms. The van der Waals surface area contributed by atoms with E-state index in [9.17, 15) is 0 Å². The second kappa shape index (κ2) is 3.56. The lowest BCUT2D eigenvalue weighted by Gasteiger charge is -2.42. The zero-order valence-electron chi connectivity index (χ0n) is 6.59. The van der Waals surface area contributed by atoms with Crippen molar-refractivity contribution in [1.82, 2.24) is 0 Å². The molecule has 10 heavy (non-hydrogen) atoms. The van der Waals surface area contributed by atoms with Gasteiger partial charge in [-0.05, 0) is 18.8 Å². The summed E-state index contributed by atoms with van der Waals surface area (Å²) in [5.74, 6) is 0.810. The SMILES string of the molecule is COCC1(N)CC(C)C1.Cl. The first-order chi connectivity index (χ1) is 4.16. The third-order valence-electron chi connectivity index (χ3n) is 1.94. The van der Waals surface area contributed by atoms with E-state index in [1.54, 1.807) is 7.11 Å². The second-order valence-corrected chi connectivity index (χ2v) is 3.31. The van der Waals surface area contributed by atoms with Crippen molar-refractivity contribution < 1.29 is 4.74 Å². The molecular weight excluding hydrogens is 150 g/mol. The highest BCUT2D eigenvalue weighted by Crippen LogP contribution is 2.34. The standard InChI is InChI=1S/C7H15NO.ClH/c1-6-3-7(8,4-6)5-9-2;/h6H,3-5,8H2,1-2H3;1H. The van der Waals surface area contributed by atoms with Crippen LogP contribution < -0.4 is 5.73 Å². The van der Waals surface area contributed by atoms with Gasteiger partial charge in [-0.15, -0.1) is 12.4 Å². The maximum absolute atomic E-state index is 5.88. The van der Waals surface area contributed by atoms with Crippen LogP contribution in [0.25, 0.3) is 0 Å². The van der Waals surface area contributed by atoms with Crippen LogP contribution in [0.5, 0.6) is 0 Å². The van der Waals surface area contributed by atoms with Crippen molar-refractivity contribution in [1.29, 1.82) is 0 Å². The Balaban J connectivity index is 0.000000810. The molecule has 1 fully saturated rings. The van der Waals surface area contributed by atoms with Crippen LogP contribution in [0.1, 0.15) is 19.8 Å². The summed E-state index contributed by atoms with van der Waals surface area (Å²) in [6, 6.07) is 0. The van der Waals surface area contributed by atoms with Gasteiger partial charge in [0.1, 0.15) is 0 Å². The zero-order valence-corrected chi connectivity index (χ0v) is 7.41. The van der Waals surface area contributed by atoms with Gasteiger partial charge in [0, 0.05) is 12.6 Å². The van der Waals surface area contributed by atoms with Crippen LogP contribution in [0.3, 0.4) is 0 Å². The molecule has 0 aliphatic heterocycles. The van der Waals surface area contributed by atoms with E-state index in [-0.39, 0.29) is 17.9 Å². The highest BCUT2D eigenvalue weighted by Gasteiger charge is 2.37. The van der Waals surface area contributed by atoms with Crippen molar-refractivity contribution in [2.75, 3.05) is 13.7 Å². The molecule has 1 aliphatic carbocycles. The van der Waals surface area contributed by atoms with Gasteiger partial charge in [0.25, 0.3) is 0 Å². The van der Waals surface area contributed by atoms with Gasteiger partial charge in [-0.1, -0.05) is 6.92 Å². The summed E-state index contributed by atoms with van der Waals surface area (Å²) in [5, 5.41) is 0.